The molecule has 0 aliphatic heterocycles. The second-order valence-electron chi connectivity index (χ2n) is 4.69. The van der Waals surface area contributed by atoms with Gasteiger partial charge in [-0.05, 0) is 43.4 Å². The van der Waals surface area contributed by atoms with Gasteiger partial charge in [0.1, 0.15) is 11.8 Å². The van der Waals surface area contributed by atoms with E-state index in [1.54, 1.807) is 35.0 Å². The highest BCUT2D eigenvalue weighted by Crippen LogP contribution is 2.24. The van der Waals surface area contributed by atoms with E-state index in [1.165, 1.54) is 0 Å². The molecular weight excluding hydrogens is 353 g/mol. The quantitative estimate of drug-likeness (QED) is 0.492. The second-order valence-corrected chi connectivity index (χ2v) is 5.92. The minimum atomic E-state index is 0.314. The number of anilines is 1. The molecule has 2 N–H and O–H groups in total. The molecule has 118 valence electrons. The summed E-state index contributed by atoms with van der Waals surface area (Å²) in [6, 6.07) is 8.98. The molecule has 2 aromatic rings. The summed E-state index contributed by atoms with van der Waals surface area (Å²) in [7, 11) is 1.83. The molecule has 0 saturated carbocycles. The highest BCUT2D eigenvalue weighted by atomic mass is 35.5. The number of rotatable bonds is 3. The monoisotopic (exact) mass is 365 g/mol. The van der Waals surface area contributed by atoms with Crippen LogP contribution < -0.4 is 10.7 Å². The van der Waals surface area contributed by atoms with E-state index in [0.29, 0.717) is 26.5 Å². The van der Waals surface area contributed by atoms with Crippen LogP contribution in [0.2, 0.25) is 10.0 Å². The molecule has 1 aromatic heterocycles. The van der Waals surface area contributed by atoms with Crippen molar-refractivity contribution in [3.63, 3.8) is 0 Å². The molecule has 5 nitrogen and oxygen atoms in total. The fourth-order valence-electron chi connectivity index (χ4n) is 1.85. The predicted octanol–water partition coefficient (Wildman–Crippen LogP) is 3.83. The van der Waals surface area contributed by atoms with Crippen LogP contribution >= 0.6 is 35.4 Å². The number of hydrogen-bond donors (Lipinski definition) is 2. The number of nitrogens with one attached hydrogen (secondary N) is 2. The van der Waals surface area contributed by atoms with Gasteiger partial charge >= 0.3 is 0 Å². The van der Waals surface area contributed by atoms with Crippen molar-refractivity contribution in [2.45, 2.75) is 6.92 Å². The van der Waals surface area contributed by atoms with Crippen molar-refractivity contribution in [2.24, 2.45) is 12.1 Å². The number of nitrogens with zero attached hydrogens (tertiary/aromatic N) is 3. The Morgan fingerprint density at radius 1 is 1.35 bits per heavy atom. The lowest BCUT2D eigenvalue weighted by Gasteiger charge is -2.07. The predicted molar refractivity (Wildman–Crippen MR) is 98.3 cm³/mol. The molecule has 0 aliphatic carbocycles. The highest BCUT2D eigenvalue weighted by molar-refractivity contribution is 7.80. The lowest BCUT2D eigenvalue weighted by Crippen LogP contribution is -2.23. The normalized spacial score (nSPS) is 10.6. The molecule has 0 bridgehead atoms. The van der Waals surface area contributed by atoms with Crippen LogP contribution in [0.15, 0.2) is 29.4 Å². The summed E-state index contributed by atoms with van der Waals surface area (Å²) in [6.45, 7) is 1.91. The highest BCUT2D eigenvalue weighted by Gasteiger charge is 2.06. The Morgan fingerprint density at radius 2 is 2.09 bits per heavy atom. The molecule has 2 rings (SSSR count). The number of benzene rings is 1. The molecule has 0 fully saturated rings. The number of hydrogen-bond acceptors (Lipinski definition) is 3. The summed E-state index contributed by atoms with van der Waals surface area (Å²) in [5, 5.41) is 17.2. The Bertz CT molecular complexity index is 820. The number of hydrazone groups is 1. The molecular formula is C15H13Cl2N5S. The van der Waals surface area contributed by atoms with Crippen LogP contribution in [-0.2, 0) is 7.05 Å². The van der Waals surface area contributed by atoms with Gasteiger partial charge in [-0.25, -0.2) is 0 Å². The van der Waals surface area contributed by atoms with Gasteiger partial charge in [0.15, 0.2) is 5.11 Å². The van der Waals surface area contributed by atoms with Crippen molar-refractivity contribution in [1.29, 1.82) is 5.26 Å². The van der Waals surface area contributed by atoms with Gasteiger partial charge in [-0.3, -0.25) is 5.43 Å². The summed E-state index contributed by atoms with van der Waals surface area (Å²) < 4.78 is 1.80. The van der Waals surface area contributed by atoms with E-state index >= 15 is 0 Å². The largest absolute Gasteiger partial charge is 0.339 e. The molecule has 1 heterocycles. The van der Waals surface area contributed by atoms with Crippen LogP contribution in [0.25, 0.3) is 0 Å². The summed E-state index contributed by atoms with van der Waals surface area (Å²) >= 11 is 16.9. The molecule has 1 aromatic carbocycles. The smallest absolute Gasteiger partial charge is 0.191 e. The van der Waals surface area contributed by atoms with Crippen molar-refractivity contribution in [1.82, 2.24) is 9.99 Å². The van der Waals surface area contributed by atoms with E-state index in [4.69, 9.17) is 40.7 Å². The Hall–Kier alpha value is -2.07. The van der Waals surface area contributed by atoms with Gasteiger partial charge in [0.25, 0.3) is 0 Å². The average Bonchev–Trinajstić information content (AvgIpc) is 2.79. The average molecular weight is 366 g/mol. The van der Waals surface area contributed by atoms with E-state index in [9.17, 15) is 0 Å². The zero-order chi connectivity index (χ0) is 17.0. The van der Waals surface area contributed by atoms with Gasteiger partial charge in [0, 0.05) is 24.0 Å². The molecule has 0 saturated heterocycles. The van der Waals surface area contributed by atoms with E-state index < -0.39 is 0 Å². The molecule has 23 heavy (non-hydrogen) atoms. The summed E-state index contributed by atoms with van der Waals surface area (Å²) in [4.78, 5) is 0. The van der Waals surface area contributed by atoms with E-state index in [2.05, 4.69) is 21.9 Å². The third kappa shape index (κ3) is 4.23. The summed E-state index contributed by atoms with van der Waals surface area (Å²) in [6.07, 6.45) is 1.61. The first-order valence-corrected chi connectivity index (χ1v) is 7.70. The number of halogens is 2. The molecule has 0 amide bonds. The SMILES string of the molecule is Cc1c(/C=N\NC(=S)Nc2ccc(Cl)c(Cl)c2)cc(C#N)n1C. The molecule has 0 radical (unpaired) electrons. The summed E-state index contributed by atoms with van der Waals surface area (Å²) in [5.41, 5.74) is 5.76. The third-order valence-corrected chi connectivity index (χ3v) is 4.17. The standard InChI is InChI=1S/C15H13Cl2N5S/c1-9-10(5-12(7-18)22(9)2)8-19-21-15(23)20-11-3-4-13(16)14(17)6-11/h3-6,8H,1-2H3,(H2,20,21,23)/b19-8-. The van der Waals surface area contributed by atoms with Gasteiger partial charge in [-0.2, -0.15) is 10.4 Å². The third-order valence-electron chi connectivity index (χ3n) is 3.24. The molecule has 0 aliphatic rings. The van der Waals surface area contributed by atoms with Crippen LogP contribution in [0.4, 0.5) is 5.69 Å². The molecule has 0 atom stereocenters. The maximum absolute atomic E-state index is 8.99. The Kier molecular flexibility index (Phi) is 5.61. The van der Waals surface area contributed by atoms with Gasteiger partial charge in [-0.15, -0.1) is 0 Å². The first kappa shape index (κ1) is 17.3. The van der Waals surface area contributed by atoms with Gasteiger partial charge in [0.2, 0.25) is 0 Å². The van der Waals surface area contributed by atoms with Crippen LogP contribution in [0, 0.1) is 18.3 Å². The maximum atomic E-state index is 8.99. The number of nitriles is 1. The Morgan fingerprint density at radius 3 is 2.70 bits per heavy atom. The second kappa shape index (κ2) is 7.47. The summed E-state index contributed by atoms with van der Waals surface area (Å²) in [5.74, 6) is 0. The molecule has 0 unspecified atom stereocenters. The van der Waals surface area contributed by atoms with Gasteiger partial charge in [-0.1, -0.05) is 23.2 Å². The first-order valence-electron chi connectivity index (χ1n) is 6.54. The molecule has 0 spiro atoms. The van der Waals surface area contributed by atoms with Crippen LogP contribution in [-0.4, -0.2) is 15.9 Å². The zero-order valence-corrected chi connectivity index (χ0v) is 14.7. The van der Waals surface area contributed by atoms with Crippen molar-refractivity contribution in [2.75, 3.05) is 5.32 Å². The Labute approximate surface area is 149 Å². The minimum Gasteiger partial charge on any atom is -0.339 e. The van der Waals surface area contributed by atoms with Crippen LogP contribution in [0.3, 0.4) is 0 Å². The lowest BCUT2D eigenvalue weighted by molar-refractivity contribution is 0.865. The zero-order valence-electron chi connectivity index (χ0n) is 12.4. The first-order chi connectivity index (χ1) is 10.9. The minimum absolute atomic E-state index is 0.314. The van der Waals surface area contributed by atoms with E-state index in [1.807, 2.05) is 14.0 Å². The topological polar surface area (TPSA) is 65.1 Å². The van der Waals surface area contributed by atoms with E-state index in [-0.39, 0.29) is 0 Å². The van der Waals surface area contributed by atoms with E-state index in [0.717, 1.165) is 11.3 Å². The maximum Gasteiger partial charge on any atom is 0.191 e. The number of thiocarbonyl (C=S) groups is 1. The fraction of sp³-hybridized carbons (Fsp3) is 0.133. The van der Waals surface area contributed by atoms with Gasteiger partial charge in [0.05, 0.1) is 16.3 Å². The lowest BCUT2D eigenvalue weighted by atomic mass is 10.3. The van der Waals surface area contributed by atoms with Crippen molar-refractivity contribution in [3.05, 3.63) is 51.3 Å². The Balaban J connectivity index is 1.99. The van der Waals surface area contributed by atoms with Crippen molar-refractivity contribution in [3.8, 4) is 6.07 Å². The van der Waals surface area contributed by atoms with Crippen molar-refractivity contribution >= 4 is 52.4 Å². The van der Waals surface area contributed by atoms with Crippen LogP contribution in [0.5, 0.6) is 0 Å². The molecule has 8 heteroatoms. The fourth-order valence-corrected chi connectivity index (χ4v) is 2.32. The van der Waals surface area contributed by atoms with Gasteiger partial charge < -0.3 is 9.88 Å². The van der Waals surface area contributed by atoms with Crippen LogP contribution in [0.1, 0.15) is 17.0 Å². The van der Waals surface area contributed by atoms with Crippen molar-refractivity contribution < 1.29 is 0 Å². The number of aromatic nitrogens is 1.